The van der Waals surface area contributed by atoms with Gasteiger partial charge in [-0.1, -0.05) is 17.8 Å². The molecule has 1 unspecified atom stereocenters. The summed E-state index contributed by atoms with van der Waals surface area (Å²) in [7, 11) is 1.72. The minimum absolute atomic E-state index is 0.0104. The molecule has 5 aliphatic rings. The minimum Gasteiger partial charge on any atom is -0.486 e. The Bertz CT molecular complexity index is 1590. The maximum atomic E-state index is 13.4. The number of anilines is 3. The number of carbonyl (C=O) groups excluding carboxylic acids is 1. The topological polar surface area (TPSA) is 149 Å². The molecule has 2 saturated heterocycles. The van der Waals surface area contributed by atoms with E-state index in [0.717, 1.165) is 61.6 Å². The van der Waals surface area contributed by atoms with Crippen molar-refractivity contribution >= 4 is 35.2 Å². The highest BCUT2D eigenvalue weighted by Gasteiger charge is 2.51. The number of aromatic nitrogens is 4. The molecule has 13 heteroatoms. The summed E-state index contributed by atoms with van der Waals surface area (Å²) in [5, 5.41) is 0.584. The fraction of sp³-hybridized carbons (Fsp3) is 0.500. The van der Waals surface area contributed by atoms with Crippen LogP contribution in [0, 0.1) is 5.41 Å². The van der Waals surface area contributed by atoms with Gasteiger partial charge in [0.25, 0.3) is 0 Å². The zero-order chi connectivity index (χ0) is 29.3. The number of methoxy groups -OCH3 is 1. The number of amides is 2. The minimum atomic E-state index is -0.205. The molecule has 3 fully saturated rings. The third kappa shape index (κ3) is 4.39. The van der Waals surface area contributed by atoms with Gasteiger partial charge in [0.15, 0.2) is 17.4 Å². The molecule has 224 valence electrons. The van der Waals surface area contributed by atoms with Gasteiger partial charge in [0, 0.05) is 50.9 Å². The predicted octanol–water partition coefficient (Wildman–Crippen LogP) is 3.02. The monoisotopic (exact) mass is 601 g/mol. The van der Waals surface area contributed by atoms with Crippen LogP contribution in [0.15, 0.2) is 46.7 Å². The van der Waals surface area contributed by atoms with Crippen LogP contribution < -0.4 is 26.0 Å². The third-order valence-corrected chi connectivity index (χ3v) is 11.0. The van der Waals surface area contributed by atoms with Gasteiger partial charge in [-0.05, 0) is 55.2 Å². The number of piperidine rings is 1. The van der Waals surface area contributed by atoms with Gasteiger partial charge in [-0.2, -0.15) is 0 Å². The van der Waals surface area contributed by atoms with Crippen molar-refractivity contribution in [1.29, 1.82) is 0 Å². The fourth-order valence-corrected chi connectivity index (χ4v) is 8.02. The summed E-state index contributed by atoms with van der Waals surface area (Å²) in [6, 6.07) is 5.82. The van der Waals surface area contributed by atoms with E-state index in [9.17, 15) is 4.79 Å². The number of fused-ring (bicyclic) bond motifs is 4. The fourth-order valence-electron chi connectivity index (χ4n) is 7.19. The van der Waals surface area contributed by atoms with Crippen molar-refractivity contribution in [2.45, 2.75) is 59.7 Å². The summed E-state index contributed by atoms with van der Waals surface area (Å²) in [4.78, 5) is 38.7. The van der Waals surface area contributed by atoms with E-state index in [1.807, 2.05) is 23.2 Å². The van der Waals surface area contributed by atoms with E-state index in [1.54, 1.807) is 24.4 Å². The second kappa shape index (κ2) is 9.93. The molecule has 3 aliphatic heterocycles. The first kappa shape index (κ1) is 26.9. The van der Waals surface area contributed by atoms with Gasteiger partial charge < -0.3 is 30.7 Å². The number of rotatable bonds is 6. The van der Waals surface area contributed by atoms with E-state index in [-0.39, 0.29) is 29.1 Å². The van der Waals surface area contributed by atoms with Gasteiger partial charge in [-0.25, -0.2) is 19.7 Å². The van der Waals surface area contributed by atoms with Crippen LogP contribution in [0.4, 0.5) is 22.2 Å². The molecule has 1 saturated carbocycles. The molecule has 3 aromatic heterocycles. The Morgan fingerprint density at radius 2 is 1.98 bits per heavy atom. The van der Waals surface area contributed by atoms with Gasteiger partial charge in [-0.3, -0.25) is 9.88 Å². The number of nitrogens with two attached hydrogens (primary N) is 2. The van der Waals surface area contributed by atoms with Gasteiger partial charge in [0.1, 0.15) is 17.5 Å². The molecular weight excluding hydrogens is 566 g/mol. The Labute approximate surface area is 254 Å². The lowest BCUT2D eigenvalue weighted by Gasteiger charge is -2.42. The van der Waals surface area contributed by atoms with Crippen LogP contribution in [-0.2, 0) is 11.2 Å². The van der Waals surface area contributed by atoms with E-state index >= 15 is 0 Å². The lowest BCUT2D eigenvalue weighted by molar-refractivity contribution is 0.0564. The highest BCUT2D eigenvalue weighted by molar-refractivity contribution is 7.99. The lowest BCUT2D eigenvalue weighted by Crippen LogP contribution is -2.44. The second-order valence-corrected chi connectivity index (χ2v) is 13.4. The van der Waals surface area contributed by atoms with Gasteiger partial charge in [0.2, 0.25) is 0 Å². The average Bonchev–Trinajstić information content (AvgIpc) is 3.66. The standard InChI is InChI=1S/C30H35N9O3S/c1-41-30(5-6-30)17-38-15-18-16-42-23-21(4-10-34-26(23)39(18)28(38)40)43-27-25(32)36-22(14-35-27)37-11-7-29(8-12-37)13-20-19(24(29)31)3-2-9-33-20/h2-4,9-10,14,18,24H,5-8,11-13,15-17,31H2,1H3,(H2,32,36)/t18?,24-/m1/s1. The summed E-state index contributed by atoms with van der Waals surface area (Å²) >= 11 is 1.38. The van der Waals surface area contributed by atoms with E-state index in [0.29, 0.717) is 42.1 Å². The van der Waals surface area contributed by atoms with Crippen molar-refractivity contribution in [2.24, 2.45) is 11.1 Å². The predicted molar refractivity (Wildman–Crippen MR) is 161 cm³/mol. The quantitative estimate of drug-likeness (QED) is 0.429. The van der Waals surface area contributed by atoms with Crippen molar-refractivity contribution in [2.75, 3.05) is 55.4 Å². The Morgan fingerprint density at radius 1 is 1.14 bits per heavy atom. The van der Waals surface area contributed by atoms with Crippen LogP contribution in [0.5, 0.6) is 5.75 Å². The van der Waals surface area contributed by atoms with Crippen LogP contribution in [0.3, 0.4) is 0 Å². The van der Waals surface area contributed by atoms with Crippen molar-refractivity contribution < 1.29 is 14.3 Å². The largest absolute Gasteiger partial charge is 0.486 e. The van der Waals surface area contributed by atoms with Gasteiger partial charge in [0.05, 0.1) is 29.3 Å². The summed E-state index contributed by atoms with van der Waals surface area (Å²) in [6.45, 7) is 3.25. The van der Waals surface area contributed by atoms with Crippen molar-refractivity contribution in [1.82, 2.24) is 24.8 Å². The van der Waals surface area contributed by atoms with Gasteiger partial charge in [-0.15, -0.1) is 0 Å². The first-order chi connectivity index (χ1) is 20.9. The molecule has 0 aromatic carbocycles. The maximum absolute atomic E-state index is 13.4. The van der Waals surface area contributed by atoms with E-state index < -0.39 is 0 Å². The average molecular weight is 602 g/mol. The van der Waals surface area contributed by atoms with Crippen molar-refractivity contribution in [3.05, 3.63) is 48.0 Å². The molecule has 1 spiro atoms. The molecule has 12 nitrogen and oxygen atoms in total. The lowest BCUT2D eigenvalue weighted by atomic mass is 9.73. The van der Waals surface area contributed by atoms with Crippen molar-refractivity contribution in [3.8, 4) is 5.75 Å². The Balaban J connectivity index is 0.964. The second-order valence-electron chi connectivity index (χ2n) is 12.4. The SMILES string of the molecule is COC1(CN2CC3COc4c(Sc5ncc(N6CCC7(CC6)Cc6ncccc6[C@H]7N)nc5N)ccnc4N3C2=O)CC1. The highest BCUT2D eigenvalue weighted by atomic mass is 32.2. The number of nitrogen functional groups attached to an aromatic ring is 1. The normalized spacial score (nSPS) is 24.5. The summed E-state index contributed by atoms with van der Waals surface area (Å²) in [6.07, 6.45) is 10.1. The van der Waals surface area contributed by atoms with E-state index in [4.69, 9.17) is 30.9 Å². The molecule has 0 bridgehead atoms. The summed E-state index contributed by atoms with van der Waals surface area (Å²) in [5.41, 5.74) is 15.3. The molecule has 4 N–H and O–H groups in total. The summed E-state index contributed by atoms with van der Waals surface area (Å²) < 4.78 is 11.9. The van der Waals surface area contributed by atoms with Crippen LogP contribution in [0.2, 0.25) is 0 Å². The molecule has 3 aromatic rings. The number of ether oxygens (including phenoxy) is 2. The number of hydrogen-bond acceptors (Lipinski definition) is 11. The zero-order valence-corrected chi connectivity index (χ0v) is 24.9. The van der Waals surface area contributed by atoms with Crippen LogP contribution >= 0.6 is 11.8 Å². The molecule has 0 radical (unpaired) electrons. The summed E-state index contributed by atoms with van der Waals surface area (Å²) in [5.74, 6) is 2.22. The van der Waals surface area contributed by atoms with Gasteiger partial charge >= 0.3 is 6.03 Å². The Kier molecular flexibility index (Phi) is 6.21. The maximum Gasteiger partial charge on any atom is 0.326 e. The van der Waals surface area contributed by atoms with Crippen molar-refractivity contribution in [3.63, 3.8) is 0 Å². The van der Waals surface area contributed by atoms with Crippen LogP contribution in [-0.4, -0.2) is 82.4 Å². The smallest absolute Gasteiger partial charge is 0.326 e. The van der Waals surface area contributed by atoms with Crippen LogP contribution in [0.1, 0.15) is 43.0 Å². The third-order valence-electron chi connectivity index (χ3n) is 9.97. The first-order valence-electron chi connectivity index (χ1n) is 14.9. The molecule has 2 atom stereocenters. The molecule has 2 amide bonds. The molecule has 6 heterocycles. The Hall–Kier alpha value is -3.68. The molecular formula is C30H35N9O3S. The van der Waals surface area contributed by atoms with E-state index in [2.05, 4.69) is 20.9 Å². The van der Waals surface area contributed by atoms with Crippen LogP contribution in [0.25, 0.3) is 0 Å². The number of carbonyl (C=O) groups is 1. The number of nitrogens with zero attached hydrogens (tertiary/aromatic N) is 7. The number of urea groups is 1. The number of pyridine rings is 2. The molecule has 2 aliphatic carbocycles. The molecule has 8 rings (SSSR count). The zero-order valence-electron chi connectivity index (χ0n) is 24.1. The Morgan fingerprint density at radius 3 is 2.72 bits per heavy atom. The molecule has 43 heavy (non-hydrogen) atoms. The first-order valence-corrected chi connectivity index (χ1v) is 15.7. The number of hydrogen-bond donors (Lipinski definition) is 2. The van der Waals surface area contributed by atoms with E-state index in [1.165, 1.54) is 17.3 Å². The highest BCUT2D eigenvalue weighted by Crippen LogP contribution is 2.51.